The molecular formula is C13H12FNO2. The molecule has 3 nitrogen and oxygen atoms in total. The van der Waals surface area contributed by atoms with E-state index in [1.165, 1.54) is 13.2 Å². The van der Waals surface area contributed by atoms with Crippen molar-refractivity contribution in [2.24, 2.45) is 7.05 Å². The molecule has 0 fully saturated rings. The number of nitrogens with zero attached hydrogens (tertiary/aromatic N) is 1. The Morgan fingerprint density at radius 2 is 2.06 bits per heavy atom. The molecule has 1 aromatic heterocycles. The molecule has 1 aromatic carbocycles. The average Bonchev–Trinajstić information content (AvgIpc) is 2.70. The Kier molecular flexibility index (Phi) is 2.95. The lowest BCUT2D eigenvalue weighted by molar-refractivity contribution is 0.111. The van der Waals surface area contributed by atoms with E-state index in [0.717, 1.165) is 12.0 Å². The Labute approximate surface area is 98.4 Å². The molecule has 0 unspecified atom stereocenters. The van der Waals surface area contributed by atoms with Crippen molar-refractivity contribution in [3.8, 4) is 17.0 Å². The summed E-state index contributed by atoms with van der Waals surface area (Å²) in [6.45, 7) is 0. The second kappa shape index (κ2) is 4.41. The van der Waals surface area contributed by atoms with Crippen molar-refractivity contribution < 1.29 is 13.9 Å². The van der Waals surface area contributed by atoms with Crippen molar-refractivity contribution in [1.82, 2.24) is 4.57 Å². The summed E-state index contributed by atoms with van der Waals surface area (Å²) in [6.07, 6.45) is 0.767. The van der Waals surface area contributed by atoms with Crippen LogP contribution in [0.2, 0.25) is 0 Å². The average molecular weight is 233 g/mol. The zero-order valence-corrected chi connectivity index (χ0v) is 9.61. The summed E-state index contributed by atoms with van der Waals surface area (Å²) in [7, 11) is 3.19. The third-order valence-corrected chi connectivity index (χ3v) is 2.73. The minimum atomic E-state index is -0.418. The maximum atomic E-state index is 13.6. The Hall–Kier alpha value is -2.10. The molecule has 0 radical (unpaired) electrons. The molecule has 0 saturated carbocycles. The third kappa shape index (κ3) is 1.93. The molecule has 0 aliphatic carbocycles. The van der Waals surface area contributed by atoms with E-state index in [-0.39, 0.29) is 5.75 Å². The van der Waals surface area contributed by atoms with Crippen molar-refractivity contribution in [3.63, 3.8) is 0 Å². The summed E-state index contributed by atoms with van der Waals surface area (Å²) in [4.78, 5) is 10.7. The van der Waals surface area contributed by atoms with Crippen LogP contribution in [0, 0.1) is 5.82 Å². The summed E-state index contributed by atoms with van der Waals surface area (Å²) in [5, 5.41) is 0. The van der Waals surface area contributed by atoms with Gasteiger partial charge >= 0.3 is 0 Å². The highest BCUT2D eigenvalue weighted by atomic mass is 19.1. The van der Waals surface area contributed by atoms with Crippen molar-refractivity contribution in [2.45, 2.75) is 0 Å². The van der Waals surface area contributed by atoms with Gasteiger partial charge in [-0.3, -0.25) is 4.79 Å². The molecule has 0 bridgehead atoms. The number of methoxy groups -OCH3 is 1. The number of rotatable bonds is 3. The van der Waals surface area contributed by atoms with Crippen LogP contribution in [0.4, 0.5) is 4.39 Å². The normalized spacial score (nSPS) is 10.3. The highest BCUT2D eigenvalue weighted by Gasteiger charge is 2.09. The first-order valence-corrected chi connectivity index (χ1v) is 5.12. The standard InChI is InChI=1S/C13H12FNO2/c1-15-10(8-16)4-5-12(15)9-3-6-13(17-2)11(14)7-9/h3-8H,1-2H3. The molecule has 2 rings (SSSR count). The van der Waals surface area contributed by atoms with Crippen LogP contribution in [0.15, 0.2) is 30.3 Å². The number of aromatic nitrogens is 1. The van der Waals surface area contributed by atoms with Crippen LogP contribution >= 0.6 is 0 Å². The maximum Gasteiger partial charge on any atom is 0.166 e. The minimum Gasteiger partial charge on any atom is -0.494 e. The molecule has 0 atom stereocenters. The van der Waals surface area contributed by atoms with Gasteiger partial charge in [0.1, 0.15) is 0 Å². The summed E-state index contributed by atoms with van der Waals surface area (Å²) >= 11 is 0. The molecule has 0 saturated heterocycles. The smallest absolute Gasteiger partial charge is 0.166 e. The lowest BCUT2D eigenvalue weighted by Gasteiger charge is -2.07. The first-order valence-electron chi connectivity index (χ1n) is 5.12. The Bertz CT molecular complexity index is 561. The molecular weight excluding hydrogens is 221 g/mol. The van der Waals surface area contributed by atoms with Crippen molar-refractivity contribution in [2.75, 3.05) is 7.11 Å². The fourth-order valence-electron chi connectivity index (χ4n) is 1.76. The molecule has 17 heavy (non-hydrogen) atoms. The number of carbonyl (C=O) groups is 1. The third-order valence-electron chi connectivity index (χ3n) is 2.73. The van der Waals surface area contributed by atoms with E-state index >= 15 is 0 Å². The number of hydrogen-bond acceptors (Lipinski definition) is 2. The molecule has 0 aliphatic heterocycles. The van der Waals surface area contributed by atoms with E-state index in [1.807, 2.05) is 0 Å². The zero-order valence-electron chi connectivity index (χ0n) is 9.61. The Morgan fingerprint density at radius 1 is 1.29 bits per heavy atom. The number of aldehydes is 1. The van der Waals surface area contributed by atoms with Crippen LogP contribution in [0.5, 0.6) is 5.75 Å². The predicted octanol–water partition coefficient (Wildman–Crippen LogP) is 2.65. The maximum absolute atomic E-state index is 13.6. The molecule has 4 heteroatoms. The van der Waals surface area contributed by atoms with E-state index in [4.69, 9.17) is 4.74 Å². The molecule has 0 N–H and O–H groups in total. The minimum absolute atomic E-state index is 0.207. The van der Waals surface area contributed by atoms with Gasteiger partial charge in [-0.15, -0.1) is 0 Å². The largest absolute Gasteiger partial charge is 0.494 e. The highest BCUT2D eigenvalue weighted by molar-refractivity contribution is 5.76. The molecule has 0 amide bonds. The molecule has 0 spiro atoms. The van der Waals surface area contributed by atoms with Gasteiger partial charge in [0.05, 0.1) is 12.8 Å². The first-order chi connectivity index (χ1) is 8.17. The van der Waals surface area contributed by atoms with Gasteiger partial charge in [-0.2, -0.15) is 0 Å². The lowest BCUT2D eigenvalue weighted by Crippen LogP contribution is -1.97. The number of benzene rings is 1. The molecule has 2 aromatic rings. The predicted molar refractivity (Wildman–Crippen MR) is 62.7 cm³/mol. The number of carbonyl (C=O) groups excluding carboxylic acids is 1. The summed E-state index contributed by atoms with van der Waals surface area (Å²) in [5.74, 6) is -0.211. The molecule has 1 heterocycles. The zero-order chi connectivity index (χ0) is 12.4. The fraction of sp³-hybridized carbons (Fsp3) is 0.154. The number of halogens is 1. The van der Waals surface area contributed by atoms with Gasteiger partial charge in [-0.25, -0.2) is 4.39 Å². The van der Waals surface area contributed by atoms with Crippen molar-refractivity contribution in [3.05, 3.63) is 41.8 Å². The lowest BCUT2D eigenvalue weighted by atomic mass is 10.1. The quantitative estimate of drug-likeness (QED) is 0.763. The summed E-state index contributed by atoms with van der Waals surface area (Å²) in [5.41, 5.74) is 2.05. The number of hydrogen-bond donors (Lipinski definition) is 0. The van der Waals surface area contributed by atoms with Crippen LogP contribution in [-0.2, 0) is 7.05 Å². The number of ether oxygens (including phenoxy) is 1. The van der Waals surface area contributed by atoms with Crippen molar-refractivity contribution >= 4 is 6.29 Å². The Morgan fingerprint density at radius 3 is 2.59 bits per heavy atom. The van der Waals surface area contributed by atoms with Crippen LogP contribution in [0.25, 0.3) is 11.3 Å². The van der Waals surface area contributed by atoms with E-state index < -0.39 is 5.82 Å². The van der Waals surface area contributed by atoms with Gasteiger partial charge in [0, 0.05) is 18.3 Å². The molecule has 0 aliphatic rings. The van der Waals surface area contributed by atoms with E-state index in [9.17, 15) is 9.18 Å². The van der Waals surface area contributed by atoms with Gasteiger partial charge in [0.25, 0.3) is 0 Å². The molecule has 88 valence electrons. The monoisotopic (exact) mass is 233 g/mol. The second-order valence-electron chi connectivity index (χ2n) is 3.67. The van der Waals surface area contributed by atoms with Crippen molar-refractivity contribution in [1.29, 1.82) is 0 Å². The summed E-state index contributed by atoms with van der Waals surface area (Å²) in [6, 6.07) is 8.20. The van der Waals surface area contributed by atoms with Gasteiger partial charge < -0.3 is 9.30 Å². The Balaban J connectivity index is 2.49. The van der Waals surface area contributed by atoms with E-state index in [1.54, 1.807) is 35.9 Å². The van der Waals surface area contributed by atoms with Crippen LogP contribution in [-0.4, -0.2) is 18.0 Å². The fourth-order valence-corrected chi connectivity index (χ4v) is 1.76. The first kappa shape index (κ1) is 11.4. The highest BCUT2D eigenvalue weighted by Crippen LogP contribution is 2.26. The van der Waals surface area contributed by atoms with Gasteiger partial charge in [0.15, 0.2) is 17.9 Å². The SMILES string of the molecule is COc1ccc(-c2ccc(C=O)n2C)cc1F. The summed E-state index contributed by atoms with van der Waals surface area (Å²) < 4.78 is 20.1. The van der Waals surface area contributed by atoms with E-state index in [0.29, 0.717) is 11.3 Å². The van der Waals surface area contributed by atoms with Crippen LogP contribution in [0.1, 0.15) is 10.5 Å². The van der Waals surface area contributed by atoms with Gasteiger partial charge in [0.2, 0.25) is 0 Å². The van der Waals surface area contributed by atoms with Gasteiger partial charge in [-0.1, -0.05) is 0 Å². The van der Waals surface area contributed by atoms with Crippen LogP contribution in [0.3, 0.4) is 0 Å². The van der Waals surface area contributed by atoms with Crippen LogP contribution < -0.4 is 4.74 Å². The van der Waals surface area contributed by atoms with E-state index in [2.05, 4.69) is 0 Å². The van der Waals surface area contributed by atoms with Gasteiger partial charge in [-0.05, 0) is 30.3 Å². The second-order valence-corrected chi connectivity index (χ2v) is 3.67. The topological polar surface area (TPSA) is 31.2 Å².